The molecular formula is C53H49IrN3O-2. The van der Waals surface area contributed by atoms with Crippen molar-refractivity contribution in [3.8, 4) is 39.5 Å². The monoisotopic (exact) mass is 941 g/mol. The zero-order valence-electron chi connectivity index (χ0n) is 38.6. The smallest absolute Gasteiger partial charge is 0.121 e. The maximum Gasteiger partial charge on any atom is 0.121 e. The minimum atomic E-state index is -2.42. The summed E-state index contributed by atoms with van der Waals surface area (Å²) in [6.45, 7) is 9.58. The van der Waals surface area contributed by atoms with E-state index in [1.54, 1.807) is 32.9 Å². The van der Waals surface area contributed by atoms with Crippen molar-refractivity contribution in [2.24, 2.45) is 5.41 Å². The number of fused-ring (bicyclic) bond motifs is 4. The first kappa shape index (κ1) is 34.4. The molecule has 9 rings (SSSR count). The molecule has 0 bridgehead atoms. The van der Waals surface area contributed by atoms with E-state index in [0.717, 1.165) is 56.3 Å². The van der Waals surface area contributed by atoms with Crippen LogP contribution in [0.15, 0.2) is 144 Å². The maximum atomic E-state index is 8.48. The van der Waals surface area contributed by atoms with E-state index in [2.05, 4.69) is 133 Å². The van der Waals surface area contributed by atoms with E-state index in [9.17, 15) is 0 Å². The Hall–Kier alpha value is -5.61. The van der Waals surface area contributed by atoms with Gasteiger partial charge in [-0.15, -0.1) is 54.1 Å². The van der Waals surface area contributed by atoms with Crippen LogP contribution >= 0.6 is 0 Å². The first-order chi connectivity index (χ1) is 29.6. The van der Waals surface area contributed by atoms with Gasteiger partial charge in [0.25, 0.3) is 0 Å². The van der Waals surface area contributed by atoms with Crippen LogP contribution in [0.4, 0.5) is 0 Å². The van der Waals surface area contributed by atoms with E-state index in [0.29, 0.717) is 17.2 Å². The summed E-state index contributed by atoms with van der Waals surface area (Å²) in [4.78, 5) is 9.41. The number of para-hydroxylation sites is 3. The molecule has 0 aliphatic heterocycles. The largest absolute Gasteiger partial charge is 0.501 e. The van der Waals surface area contributed by atoms with Gasteiger partial charge in [-0.2, -0.15) is 0 Å². The normalized spacial score (nSPS) is 13.3. The summed E-state index contributed by atoms with van der Waals surface area (Å²) >= 11 is 0. The number of pyridine rings is 1. The Morgan fingerprint density at radius 2 is 1.59 bits per heavy atom. The van der Waals surface area contributed by atoms with E-state index in [1.165, 1.54) is 28.6 Å². The van der Waals surface area contributed by atoms with Gasteiger partial charge >= 0.3 is 0 Å². The van der Waals surface area contributed by atoms with Crippen molar-refractivity contribution in [2.45, 2.75) is 67.1 Å². The van der Waals surface area contributed by atoms with E-state index in [1.807, 2.05) is 30.3 Å². The fourth-order valence-electron chi connectivity index (χ4n) is 7.44. The molecule has 6 aromatic carbocycles. The minimum absolute atomic E-state index is 0. The first-order valence-electron chi connectivity index (χ1n) is 22.1. The van der Waals surface area contributed by atoms with Crippen LogP contribution in [0.25, 0.3) is 72.4 Å². The molecule has 293 valence electrons. The molecule has 5 heteroatoms. The number of furan rings is 1. The predicted molar refractivity (Wildman–Crippen MR) is 238 cm³/mol. The summed E-state index contributed by atoms with van der Waals surface area (Å²) in [5.41, 5.74) is 11.3. The van der Waals surface area contributed by atoms with Gasteiger partial charge in [0.2, 0.25) is 0 Å². The summed E-state index contributed by atoms with van der Waals surface area (Å²) in [6.07, 6.45) is 0.383. The third-order valence-electron chi connectivity index (χ3n) is 10.1. The van der Waals surface area contributed by atoms with Gasteiger partial charge < -0.3 is 14.0 Å². The molecule has 0 aliphatic carbocycles. The summed E-state index contributed by atoms with van der Waals surface area (Å²) < 4.78 is 49.0. The molecule has 0 saturated heterocycles. The second-order valence-corrected chi connectivity index (χ2v) is 15.7. The number of nitrogens with zero attached hydrogens (tertiary/aromatic N) is 3. The molecule has 0 unspecified atom stereocenters. The van der Waals surface area contributed by atoms with Crippen LogP contribution in [0.3, 0.4) is 0 Å². The van der Waals surface area contributed by atoms with Crippen molar-refractivity contribution < 1.29 is 31.4 Å². The summed E-state index contributed by atoms with van der Waals surface area (Å²) in [5.74, 6) is 1.22. The Bertz CT molecular complexity index is 3040. The van der Waals surface area contributed by atoms with Crippen LogP contribution < -0.4 is 0 Å². The Morgan fingerprint density at radius 1 is 0.793 bits per heavy atom. The molecule has 1 radical (unpaired) electrons. The summed E-state index contributed by atoms with van der Waals surface area (Å²) in [5, 5.41) is 2.17. The zero-order chi connectivity index (χ0) is 44.0. The molecule has 0 N–H and O–H groups in total. The number of aryl methyl sites for hydroxylation is 2. The van der Waals surface area contributed by atoms with Gasteiger partial charge in [0.1, 0.15) is 5.58 Å². The fraction of sp³-hybridized carbons (Fsp3) is 0.208. The van der Waals surface area contributed by atoms with Crippen LogP contribution in [-0.4, -0.2) is 14.5 Å². The number of aromatic nitrogens is 3. The molecule has 0 aliphatic rings. The van der Waals surface area contributed by atoms with Gasteiger partial charge in [-0.1, -0.05) is 137 Å². The molecule has 4 nitrogen and oxygen atoms in total. The number of benzene rings is 6. The number of hydrogen-bond donors (Lipinski definition) is 0. The molecule has 0 fully saturated rings. The van der Waals surface area contributed by atoms with Gasteiger partial charge in [-0.3, -0.25) is 4.98 Å². The number of imidazole rings is 1. The molecule has 3 aromatic heterocycles. The summed E-state index contributed by atoms with van der Waals surface area (Å²) in [7, 11) is 0. The quantitative estimate of drug-likeness (QED) is 0.150. The maximum absolute atomic E-state index is 8.48. The Labute approximate surface area is 363 Å². The van der Waals surface area contributed by atoms with E-state index >= 15 is 0 Å². The number of hydrogen-bond acceptors (Lipinski definition) is 3. The van der Waals surface area contributed by atoms with Gasteiger partial charge in [-0.05, 0) is 82.7 Å². The van der Waals surface area contributed by atoms with Crippen LogP contribution in [0.1, 0.15) is 76.6 Å². The second kappa shape index (κ2) is 17.1. The predicted octanol–water partition coefficient (Wildman–Crippen LogP) is 14.2. The second-order valence-electron chi connectivity index (χ2n) is 15.7. The van der Waals surface area contributed by atoms with Crippen molar-refractivity contribution >= 4 is 33.0 Å². The molecular weight excluding hydrogens is 887 g/mol. The van der Waals surface area contributed by atoms with E-state index < -0.39 is 18.6 Å². The average Bonchev–Trinajstić information content (AvgIpc) is 3.84. The molecule has 0 saturated carbocycles. The average molecular weight is 941 g/mol. The van der Waals surface area contributed by atoms with Gasteiger partial charge in [0.05, 0.1) is 22.4 Å². The fourth-order valence-corrected chi connectivity index (χ4v) is 7.44. The van der Waals surface area contributed by atoms with Crippen LogP contribution in [-0.2, 0) is 32.9 Å². The Kier molecular flexibility index (Phi) is 10.1. The Morgan fingerprint density at radius 3 is 2.33 bits per heavy atom. The van der Waals surface area contributed by atoms with Gasteiger partial charge in [-0.25, -0.2) is 0 Å². The van der Waals surface area contributed by atoms with Crippen LogP contribution in [0.2, 0.25) is 0 Å². The zero-order valence-corrected chi connectivity index (χ0v) is 36.0. The van der Waals surface area contributed by atoms with Crippen molar-refractivity contribution in [3.05, 3.63) is 174 Å². The molecule has 9 aromatic rings. The summed E-state index contributed by atoms with van der Waals surface area (Å²) in [6, 6.07) is 51.3. The third kappa shape index (κ3) is 8.21. The van der Waals surface area contributed by atoms with Crippen molar-refractivity contribution in [1.82, 2.24) is 14.5 Å². The standard InChI is InChI=1S/C36H29N2O.C17H20N.Ir/c1-4-24-14-10-15-27(23(2)3)34(24)38-32-19-9-8-18-31(32)37-36(38)30-17-11-16-29-28-21-20-26(22-33(28)39-35(29)30)25-12-6-5-7-13-25;1-13-12-18-16(14-8-6-5-7-9-14)10-15(13)11-17(2,3)4;/h5-16,18-23H,4H2,1-3H3;5-8,10,12H,11H2,1-4H3;/q2*-1;/i;1D3,11D2;. The number of rotatable bonds is 7. The molecule has 3 heterocycles. The van der Waals surface area contributed by atoms with Crippen molar-refractivity contribution in [2.75, 3.05) is 0 Å². The molecule has 0 atom stereocenters. The minimum Gasteiger partial charge on any atom is -0.501 e. The molecule has 0 spiro atoms. The van der Waals surface area contributed by atoms with Gasteiger partial charge in [0.15, 0.2) is 0 Å². The van der Waals surface area contributed by atoms with E-state index in [4.69, 9.17) is 16.3 Å². The SMILES string of the molecule is CCc1cccc(C(C)C)c1-n1c(-c2[c-]ccc3c2oc2cc(-c4ccccc4)ccc23)nc2ccccc21.[2H]C([2H])([2H])c1cnc(-c2[c-]cccc2)cc1C([2H])([2H])C(C)(C)C.[Ir]. The van der Waals surface area contributed by atoms with Crippen molar-refractivity contribution in [1.29, 1.82) is 0 Å². The first-order valence-corrected chi connectivity index (χ1v) is 19.6. The van der Waals surface area contributed by atoms with Crippen LogP contribution in [0, 0.1) is 24.4 Å². The van der Waals surface area contributed by atoms with E-state index in [-0.39, 0.29) is 31.2 Å². The third-order valence-corrected chi connectivity index (χ3v) is 10.1. The van der Waals surface area contributed by atoms with Crippen LogP contribution in [0.5, 0.6) is 0 Å². The topological polar surface area (TPSA) is 43.9 Å². The Balaban J connectivity index is 0.000000213. The molecule has 58 heavy (non-hydrogen) atoms. The van der Waals surface area contributed by atoms with Gasteiger partial charge in [0, 0.05) is 44.2 Å². The molecule has 0 amide bonds. The van der Waals surface area contributed by atoms with Crippen molar-refractivity contribution in [3.63, 3.8) is 0 Å².